The zero-order valence-corrected chi connectivity index (χ0v) is 8.79. The molecule has 5 heteroatoms. The van der Waals surface area contributed by atoms with Crippen molar-refractivity contribution in [3.05, 3.63) is 42.2 Å². The van der Waals surface area contributed by atoms with Crippen LogP contribution in [-0.2, 0) is 4.79 Å². The summed E-state index contributed by atoms with van der Waals surface area (Å²) >= 11 is 0. The van der Waals surface area contributed by atoms with Crippen molar-refractivity contribution >= 4 is 12.2 Å². The number of aromatic nitrogens is 2. The van der Waals surface area contributed by atoms with Gasteiger partial charge in [0, 0.05) is 5.56 Å². The zero-order valence-electron chi connectivity index (χ0n) is 8.79. The number of carbonyl (C=O) groups is 1. The Morgan fingerprint density at radius 1 is 1.29 bits per heavy atom. The number of amides is 1. The predicted octanol–water partition coefficient (Wildman–Crippen LogP) is 1.58. The van der Waals surface area contributed by atoms with E-state index in [-0.39, 0.29) is 11.5 Å². The maximum Gasteiger partial charge on any atom is 0.212 e. The Morgan fingerprint density at radius 3 is 2.71 bits per heavy atom. The first-order valence-corrected chi connectivity index (χ1v) is 4.88. The van der Waals surface area contributed by atoms with Crippen LogP contribution in [0, 0.1) is 11.3 Å². The number of nitrogens with one attached hydrogen (secondary N) is 1. The van der Waals surface area contributed by atoms with Crippen molar-refractivity contribution in [2.24, 2.45) is 0 Å². The Bertz CT molecular complexity index is 575. The Morgan fingerprint density at radius 2 is 2.06 bits per heavy atom. The highest BCUT2D eigenvalue weighted by atomic mass is 16.1. The Kier molecular flexibility index (Phi) is 3.08. The number of anilines is 1. The molecule has 1 aromatic heterocycles. The standard InChI is InChI=1S/C12H8N4O/c13-6-10-12(15-8-17)14-7-11(16-10)9-4-2-1-3-5-9/h1-5,7-8H,(H,14,15,17). The zero-order chi connectivity index (χ0) is 12.1. The highest BCUT2D eigenvalue weighted by Gasteiger charge is 2.07. The minimum atomic E-state index is 0.0958. The van der Waals surface area contributed by atoms with Crippen molar-refractivity contribution in [2.45, 2.75) is 0 Å². The number of benzene rings is 1. The Hall–Kier alpha value is -2.74. The van der Waals surface area contributed by atoms with Crippen molar-refractivity contribution in [1.82, 2.24) is 9.97 Å². The number of nitrogens with zero attached hydrogens (tertiary/aromatic N) is 3. The second-order valence-electron chi connectivity index (χ2n) is 3.19. The van der Waals surface area contributed by atoms with Gasteiger partial charge in [-0.25, -0.2) is 9.97 Å². The van der Waals surface area contributed by atoms with Gasteiger partial charge < -0.3 is 5.32 Å². The van der Waals surface area contributed by atoms with Crippen LogP contribution in [0.4, 0.5) is 5.82 Å². The number of hydrogen-bond acceptors (Lipinski definition) is 4. The molecule has 0 bridgehead atoms. The van der Waals surface area contributed by atoms with Gasteiger partial charge in [0.1, 0.15) is 6.07 Å². The SMILES string of the molecule is N#Cc1nc(-c2ccccc2)cnc1NC=O. The molecule has 2 aromatic rings. The van der Waals surface area contributed by atoms with Crippen LogP contribution in [0.3, 0.4) is 0 Å². The normalized spacial score (nSPS) is 9.35. The molecular formula is C12H8N4O. The minimum absolute atomic E-state index is 0.0958. The summed E-state index contributed by atoms with van der Waals surface area (Å²) in [5, 5.41) is 11.2. The van der Waals surface area contributed by atoms with Gasteiger partial charge in [-0.2, -0.15) is 5.26 Å². The molecule has 1 aromatic carbocycles. The van der Waals surface area contributed by atoms with Gasteiger partial charge in [0.15, 0.2) is 11.5 Å². The molecule has 0 radical (unpaired) electrons. The molecular weight excluding hydrogens is 216 g/mol. The summed E-state index contributed by atoms with van der Waals surface area (Å²) in [6, 6.07) is 11.3. The van der Waals surface area contributed by atoms with Crippen molar-refractivity contribution in [1.29, 1.82) is 5.26 Å². The van der Waals surface area contributed by atoms with Gasteiger partial charge in [-0.15, -0.1) is 0 Å². The van der Waals surface area contributed by atoms with E-state index in [1.54, 1.807) is 0 Å². The summed E-state index contributed by atoms with van der Waals surface area (Å²) in [7, 11) is 0. The molecule has 0 atom stereocenters. The van der Waals surface area contributed by atoms with Gasteiger partial charge in [-0.05, 0) is 0 Å². The van der Waals surface area contributed by atoms with E-state index >= 15 is 0 Å². The van der Waals surface area contributed by atoms with Crippen molar-refractivity contribution in [3.63, 3.8) is 0 Å². The van der Waals surface area contributed by atoms with Gasteiger partial charge in [-0.3, -0.25) is 4.79 Å². The monoisotopic (exact) mass is 224 g/mol. The number of carbonyl (C=O) groups excluding carboxylic acids is 1. The predicted molar refractivity (Wildman–Crippen MR) is 61.9 cm³/mol. The first-order chi connectivity index (χ1) is 8.35. The first kappa shape index (κ1) is 10.8. The van der Waals surface area contributed by atoms with Crippen molar-refractivity contribution < 1.29 is 4.79 Å². The molecule has 1 N–H and O–H groups in total. The van der Waals surface area contributed by atoms with E-state index in [2.05, 4.69) is 15.3 Å². The molecule has 17 heavy (non-hydrogen) atoms. The van der Waals surface area contributed by atoms with E-state index in [0.717, 1.165) is 5.56 Å². The topological polar surface area (TPSA) is 78.7 Å². The van der Waals surface area contributed by atoms with E-state index in [1.807, 2.05) is 36.4 Å². The van der Waals surface area contributed by atoms with Gasteiger partial charge in [0.2, 0.25) is 6.41 Å². The quantitative estimate of drug-likeness (QED) is 0.803. The average molecular weight is 224 g/mol. The smallest absolute Gasteiger partial charge is 0.212 e. The van der Waals surface area contributed by atoms with Crippen LogP contribution in [-0.4, -0.2) is 16.4 Å². The van der Waals surface area contributed by atoms with E-state index in [0.29, 0.717) is 12.1 Å². The van der Waals surface area contributed by atoms with Crippen LogP contribution in [0.1, 0.15) is 5.69 Å². The number of nitriles is 1. The molecule has 0 saturated heterocycles. The molecule has 0 unspecified atom stereocenters. The van der Waals surface area contributed by atoms with Crippen LogP contribution in [0.15, 0.2) is 36.5 Å². The fourth-order valence-electron chi connectivity index (χ4n) is 1.38. The fraction of sp³-hybridized carbons (Fsp3) is 0. The number of rotatable bonds is 3. The van der Waals surface area contributed by atoms with Crippen molar-refractivity contribution in [2.75, 3.05) is 5.32 Å². The minimum Gasteiger partial charge on any atom is -0.311 e. The largest absolute Gasteiger partial charge is 0.311 e. The lowest BCUT2D eigenvalue weighted by atomic mass is 10.1. The Labute approximate surface area is 97.8 Å². The van der Waals surface area contributed by atoms with Crippen LogP contribution in [0.2, 0.25) is 0 Å². The van der Waals surface area contributed by atoms with Gasteiger partial charge >= 0.3 is 0 Å². The molecule has 1 amide bonds. The summed E-state index contributed by atoms with van der Waals surface area (Å²) < 4.78 is 0. The third-order valence-corrected chi connectivity index (χ3v) is 2.14. The fourth-order valence-corrected chi connectivity index (χ4v) is 1.38. The lowest BCUT2D eigenvalue weighted by Gasteiger charge is -2.03. The lowest BCUT2D eigenvalue weighted by molar-refractivity contribution is -0.105. The lowest BCUT2D eigenvalue weighted by Crippen LogP contribution is -2.02. The second-order valence-corrected chi connectivity index (χ2v) is 3.19. The second kappa shape index (κ2) is 4.86. The van der Waals surface area contributed by atoms with E-state index in [1.165, 1.54) is 6.20 Å². The highest BCUT2D eigenvalue weighted by Crippen LogP contribution is 2.18. The molecule has 0 fully saturated rings. The third kappa shape index (κ3) is 2.26. The van der Waals surface area contributed by atoms with E-state index in [9.17, 15) is 4.79 Å². The first-order valence-electron chi connectivity index (χ1n) is 4.88. The Balaban J connectivity index is 2.46. The molecule has 2 rings (SSSR count). The number of hydrogen-bond donors (Lipinski definition) is 1. The summed E-state index contributed by atoms with van der Waals surface area (Å²) in [6.45, 7) is 0. The van der Waals surface area contributed by atoms with E-state index < -0.39 is 0 Å². The molecule has 0 aliphatic carbocycles. The molecule has 1 heterocycles. The molecule has 82 valence electrons. The van der Waals surface area contributed by atoms with Crippen LogP contribution in [0.5, 0.6) is 0 Å². The van der Waals surface area contributed by atoms with Crippen molar-refractivity contribution in [3.8, 4) is 17.3 Å². The highest BCUT2D eigenvalue weighted by molar-refractivity contribution is 5.72. The average Bonchev–Trinajstić information content (AvgIpc) is 2.40. The summed E-state index contributed by atoms with van der Waals surface area (Å²) in [6.07, 6.45) is 1.98. The molecule has 5 nitrogen and oxygen atoms in total. The molecule has 0 aliphatic rings. The summed E-state index contributed by atoms with van der Waals surface area (Å²) in [4.78, 5) is 18.4. The van der Waals surface area contributed by atoms with Crippen LogP contribution >= 0.6 is 0 Å². The van der Waals surface area contributed by atoms with Crippen LogP contribution < -0.4 is 5.32 Å². The maximum atomic E-state index is 10.3. The van der Waals surface area contributed by atoms with Gasteiger partial charge in [0.05, 0.1) is 11.9 Å². The summed E-state index contributed by atoms with van der Waals surface area (Å²) in [5.74, 6) is 0.169. The molecule has 0 saturated carbocycles. The van der Waals surface area contributed by atoms with Crippen LogP contribution in [0.25, 0.3) is 11.3 Å². The third-order valence-electron chi connectivity index (χ3n) is 2.14. The molecule has 0 aliphatic heterocycles. The maximum absolute atomic E-state index is 10.3. The summed E-state index contributed by atoms with van der Waals surface area (Å²) in [5.41, 5.74) is 1.56. The van der Waals surface area contributed by atoms with Gasteiger partial charge in [0.25, 0.3) is 0 Å². The van der Waals surface area contributed by atoms with E-state index in [4.69, 9.17) is 5.26 Å². The van der Waals surface area contributed by atoms with Gasteiger partial charge in [-0.1, -0.05) is 30.3 Å². The molecule has 0 spiro atoms.